The number of aromatic amines is 1. The summed E-state index contributed by atoms with van der Waals surface area (Å²) in [4.78, 5) is 23.5. The van der Waals surface area contributed by atoms with E-state index >= 15 is 0 Å². The second-order valence-corrected chi connectivity index (χ2v) is 9.71. The van der Waals surface area contributed by atoms with Gasteiger partial charge in [0.1, 0.15) is 22.8 Å². The highest BCUT2D eigenvalue weighted by atomic mass is 32.2. The zero-order valence-electron chi connectivity index (χ0n) is 19.2. The van der Waals surface area contributed by atoms with Crippen molar-refractivity contribution in [1.29, 1.82) is 0 Å². The van der Waals surface area contributed by atoms with Crippen LogP contribution in [0.2, 0.25) is 0 Å². The fourth-order valence-electron chi connectivity index (χ4n) is 3.53. The molecule has 0 radical (unpaired) electrons. The summed E-state index contributed by atoms with van der Waals surface area (Å²) in [5.41, 5.74) is 2.50. The normalized spacial score (nSPS) is 11.3. The number of hydrogen-bond acceptors (Lipinski definition) is 8. The van der Waals surface area contributed by atoms with E-state index in [0.717, 1.165) is 17.2 Å². The van der Waals surface area contributed by atoms with Gasteiger partial charge in [-0.05, 0) is 29.8 Å². The van der Waals surface area contributed by atoms with Crippen LogP contribution in [0.4, 0.5) is 23.1 Å². The van der Waals surface area contributed by atoms with Crippen molar-refractivity contribution in [2.75, 3.05) is 35.4 Å². The molecular formula is C23H24N6O5S. The van der Waals surface area contributed by atoms with Crippen molar-refractivity contribution in [3.05, 3.63) is 65.9 Å². The first-order chi connectivity index (χ1) is 16.7. The van der Waals surface area contributed by atoms with E-state index in [1.807, 2.05) is 18.2 Å². The van der Waals surface area contributed by atoms with Crippen molar-refractivity contribution in [1.82, 2.24) is 15.0 Å². The third kappa shape index (κ3) is 5.11. The molecule has 12 heteroatoms. The largest absolute Gasteiger partial charge is 0.496 e. The van der Waals surface area contributed by atoms with Gasteiger partial charge in [0, 0.05) is 31.5 Å². The first-order valence-electron chi connectivity index (χ1n) is 10.5. The number of carbonyl (C=O) groups is 1. The fourth-order valence-corrected chi connectivity index (χ4v) is 4.07. The Labute approximate surface area is 201 Å². The van der Waals surface area contributed by atoms with Crippen molar-refractivity contribution in [3.63, 3.8) is 0 Å². The Balaban J connectivity index is 1.63. The molecule has 2 aromatic heterocycles. The van der Waals surface area contributed by atoms with E-state index in [1.54, 1.807) is 30.5 Å². The smallest absolute Gasteiger partial charge is 0.339 e. The Morgan fingerprint density at radius 3 is 2.66 bits per heavy atom. The molecule has 0 atom stereocenters. The van der Waals surface area contributed by atoms with Crippen LogP contribution in [0, 0.1) is 0 Å². The summed E-state index contributed by atoms with van der Waals surface area (Å²) in [6, 6.07) is 13.6. The highest BCUT2D eigenvalue weighted by molar-refractivity contribution is 7.92. The van der Waals surface area contributed by atoms with Crippen LogP contribution in [-0.2, 0) is 16.6 Å². The number of methoxy groups -OCH3 is 1. The number of H-pyrrole nitrogens is 1. The number of nitrogens with one attached hydrogen (secondary N) is 3. The highest BCUT2D eigenvalue weighted by Gasteiger charge is 2.17. The van der Waals surface area contributed by atoms with Gasteiger partial charge in [-0.15, -0.1) is 0 Å². The van der Waals surface area contributed by atoms with Crippen LogP contribution in [0.15, 0.2) is 54.7 Å². The van der Waals surface area contributed by atoms with Crippen molar-refractivity contribution in [3.8, 4) is 5.75 Å². The van der Waals surface area contributed by atoms with Gasteiger partial charge in [-0.25, -0.2) is 13.2 Å². The Morgan fingerprint density at radius 1 is 1.17 bits per heavy atom. The molecule has 0 bridgehead atoms. The first kappa shape index (κ1) is 23.8. The van der Waals surface area contributed by atoms with E-state index in [1.165, 1.54) is 24.5 Å². The SMILES string of the molecule is COc1cc(Nc2nc(NCc3ccccc3N(C)S(C)(=O)=O)c3cc[nH]c3n2)ccc1C(=O)O. The van der Waals surface area contributed by atoms with E-state index < -0.39 is 16.0 Å². The number of para-hydroxylation sites is 1. The second kappa shape index (κ2) is 9.50. The van der Waals surface area contributed by atoms with E-state index in [9.17, 15) is 18.3 Å². The molecule has 0 saturated heterocycles. The first-order valence-corrected chi connectivity index (χ1v) is 12.3. The average Bonchev–Trinajstić information content (AvgIpc) is 3.30. The van der Waals surface area contributed by atoms with Gasteiger partial charge < -0.3 is 25.5 Å². The maximum atomic E-state index is 12.1. The number of aromatic nitrogens is 3. The van der Waals surface area contributed by atoms with Gasteiger partial charge in [-0.1, -0.05) is 18.2 Å². The molecule has 4 N–H and O–H groups in total. The third-order valence-corrected chi connectivity index (χ3v) is 6.57. The number of sulfonamides is 1. The quantitative estimate of drug-likeness (QED) is 0.273. The highest BCUT2D eigenvalue weighted by Crippen LogP contribution is 2.28. The lowest BCUT2D eigenvalue weighted by molar-refractivity contribution is 0.0693. The minimum atomic E-state index is -3.42. The van der Waals surface area contributed by atoms with Crippen LogP contribution in [0.3, 0.4) is 0 Å². The van der Waals surface area contributed by atoms with Crippen LogP contribution < -0.4 is 19.7 Å². The van der Waals surface area contributed by atoms with Gasteiger partial charge in [0.05, 0.1) is 24.4 Å². The van der Waals surface area contributed by atoms with E-state index in [4.69, 9.17) is 4.74 Å². The molecule has 0 unspecified atom stereocenters. The topological polar surface area (TPSA) is 150 Å². The summed E-state index contributed by atoms with van der Waals surface area (Å²) >= 11 is 0. The molecule has 0 spiro atoms. The molecule has 0 amide bonds. The predicted octanol–water partition coefficient (Wildman–Crippen LogP) is 3.42. The number of anilines is 4. The summed E-state index contributed by atoms with van der Waals surface area (Å²) in [7, 11) is -0.519. The van der Waals surface area contributed by atoms with Crippen LogP contribution >= 0.6 is 0 Å². The van der Waals surface area contributed by atoms with E-state index in [-0.39, 0.29) is 17.3 Å². The number of ether oxygens (including phenoxy) is 1. The molecule has 182 valence electrons. The lowest BCUT2D eigenvalue weighted by Crippen LogP contribution is -2.26. The fraction of sp³-hybridized carbons (Fsp3) is 0.174. The van der Waals surface area contributed by atoms with Gasteiger partial charge in [0.25, 0.3) is 0 Å². The van der Waals surface area contributed by atoms with E-state index in [0.29, 0.717) is 29.4 Å². The van der Waals surface area contributed by atoms with Gasteiger partial charge in [-0.2, -0.15) is 9.97 Å². The molecule has 2 heterocycles. The number of hydrogen-bond donors (Lipinski definition) is 4. The maximum absolute atomic E-state index is 12.1. The zero-order valence-corrected chi connectivity index (χ0v) is 20.0. The standard InChI is InChI=1S/C23H24N6O5S/c1-29(35(3,32)33)18-7-5-4-6-14(18)13-25-21-17-10-11-24-20(17)27-23(28-21)26-15-8-9-16(22(30)31)19(12-15)34-2/h4-12H,13H2,1-3H3,(H,30,31)(H3,24,25,26,27,28). The molecule has 11 nitrogen and oxygen atoms in total. The number of nitrogens with zero attached hydrogens (tertiary/aromatic N) is 3. The Bertz CT molecular complexity index is 1500. The Hall–Kier alpha value is -4.32. The molecule has 0 aliphatic rings. The maximum Gasteiger partial charge on any atom is 0.339 e. The van der Waals surface area contributed by atoms with Gasteiger partial charge in [0.2, 0.25) is 16.0 Å². The summed E-state index contributed by atoms with van der Waals surface area (Å²) in [6.45, 7) is 0.313. The van der Waals surface area contributed by atoms with Gasteiger partial charge in [0.15, 0.2) is 0 Å². The summed E-state index contributed by atoms with van der Waals surface area (Å²) < 4.78 is 30.5. The average molecular weight is 497 g/mol. The lowest BCUT2D eigenvalue weighted by atomic mass is 10.1. The summed E-state index contributed by atoms with van der Waals surface area (Å²) in [5, 5.41) is 16.4. The van der Waals surface area contributed by atoms with Crippen LogP contribution in [-0.4, -0.2) is 54.9 Å². The molecular weight excluding hydrogens is 472 g/mol. The van der Waals surface area contributed by atoms with Crippen LogP contribution in [0.1, 0.15) is 15.9 Å². The number of carboxylic acids is 1. The van der Waals surface area contributed by atoms with Crippen molar-refractivity contribution >= 4 is 50.2 Å². The van der Waals surface area contributed by atoms with Gasteiger partial charge in [-0.3, -0.25) is 4.31 Å². The third-order valence-electron chi connectivity index (χ3n) is 5.38. The number of carboxylic acid groups (broad SMARTS) is 1. The predicted molar refractivity (Wildman–Crippen MR) is 134 cm³/mol. The number of aromatic carboxylic acids is 1. The molecule has 4 aromatic rings. The number of benzene rings is 2. The van der Waals surface area contributed by atoms with Crippen molar-refractivity contribution in [2.45, 2.75) is 6.54 Å². The minimum Gasteiger partial charge on any atom is -0.496 e. The molecule has 0 aliphatic heterocycles. The molecule has 35 heavy (non-hydrogen) atoms. The summed E-state index contributed by atoms with van der Waals surface area (Å²) in [5.74, 6) is -0.0852. The number of rotatable bonds is 9. The number of fused-ring (bicyclic) bond motifs is 1. The van der Waals surface area contributed by atoms with Crippen LogP contribution in [0.25, 0.3) is 11.0 Å². The molecule has 0 fully saturated rings. The lowest BCUT2D eigenvalue weighted by Gasteiger charge is -2.20. The van der Waals surface area contributed by atoms with Crippen molar-refractivity contribution in [2.24, 2.45) is 0 Å². The zero-order chi connectivity index (χ0) is 25.2. The molecule has 2 aromatic carbocycles. The van der Waals surface area contributed by atoms with Gasteiger partial charge >= 0.3 is 5.97 Å². The van der Waals surface area contributed by atoms with E-state index in [2.05, 4.69) is 25.6 Å². The van der Waals surface area contributed by atoms with Crippen LogP contribution in [0.5, 0.6) is 5.75 Å². The molecule has 4 rings (SSSR count). The van der Waals surface area contributed by atoms with Crippen molar-refractivity contribution < 1.29 is 23.1 Å². The molecule has 0 aliphatic carbocycles. The molecule has 0 saturated carbocycles. The Morgan fingerprint density at radius 2 is 1.94 bits per heavy atom. The minimum absolute atomic E-state index is 0.0406. The Kier molecular flexibility index (Phi) is 6.47. The monoisotopic (exact) mass is 496 g/mol. The summed E-state index contributed by atoms with van der Waals surface area (Å²) in [6.07, 6.45) is 2.89. The second-order valence-electron chi connectivity index (χ2n) is 7.69.